The van der Waals surface area contributed by atoms with Crippen LogP contribution in [0, 0.1) is 11.8 Å². The highest BCUT2D eigenvalue weighted by molar-refractivity contribution is 5.80. The number of nitrogens with zero attached hydrogens (tertiary/aromatic N) is 1. The number of rotatable bonds is 3. The fourth-order valence-electron chi connectivity index (χ4n) is 2.33. The van der Waals surface area contributed by atoms with E-state index in [1.807, 2.05) is 0 Å². The average Bonchev–Trinajstić information content (AvgIpc) is 2.24. The van der Waals surface area contributed by atoms with Gasteiger partial charge in [-0.2, -0.15) is 26.3 Å². The Labute approximate surface area is 115 Å². The number of likely N-dealkylation sites (tertiary alicyclic amines) is 1. The summed E-state index contributed by atoms with van der Waals surface area (Å²) in [7, 11) is 0. The van der Waals surface area contributed by atoms with Gasteiger partial charge < -0.3 is 10.0 Å². The van der Waals surface area contributed by atoms with E-state index in [0.29, 0.717) is 11.3 Å². The molecule has 0 spiro atoms. The lowest BCUT2D eigenvalue weighted by molar-refractivity contribution is -0.278. The third-order valence-corrected chi connectivity index (χ3v) is 3.20. The first-order valence-corrected chi connectivity index (χ1v) is 6.07. The molecule has 10 heteroatoms. The first-order valence-electron chi connectivity index (χ1n) is 6.07. The highest BCUT2D eigenvalue weighted by Crippen LogP contribution is 2.41. The van der Waals surface area contributed by atoms with E-state index < -0.39 is 49.0 Å². The molecule has 1 amide bonds. The Kier molecular flexibility index (Phi) is 5.11. The van der Waals surface area contributed by atoms with Gasteiger partial charge in [-0.05, 0) is 18.8 Å². The van der Waals surface area contributed by atoms with Crippen LogP contribution in [-0.2, 0) is 9.59 Å². The molecule has 1 atom stereocenters. The topological polar surface area (TPSA) is 57.6 Å². The lowest BCUT2D eigenvalue weighted by atomic mass is 9.93. The molecule has 0 bridgehead atoms. The number of piperidine rings is 1. The minimum Gasteiger partial charge on any atom is -0.481 e. The van der Waals surface area contributed by atoms with Crippen molar-refractivity contribution >= 4 is 11.9 Å². The third kappa shape index (κ3) is 4.78. The van der Waals surface area contributed by atoms with Crippen LogP contribution in [-0.4, -0.2) is 47.3 Å². The summed E-state index contributed by atoms with van der Waals surface area (Å²) in [6.07, 6.45) is -11.3. The van der Waals surface area contributed by atoms with Gasteiger partial charge >= 0.3 is 18.3 Å². The van der Waals surface area contributed by atoms with E-state index in [1.54, 1.807) is 0 Å². The number of alkyl halides is 6. The van der Waals surface area contributed by atoms with Crippen molar-refractivity contribution in [2.24, 2.45) is 11.8 Å². The minimum atomic E-state index is -5.73. The zero-order valence-corrected chi connectivity index (χ0v) is 10.7. The molecular formula is C11H13F6NO3. The van der Waals surface area contributed by atoms with E-state index in [-0.39, 0.29) is 13.0 Å². The van der Waals surface area contributed by atoms with Gasteiger partial charge in [0.25, 0.3) is 0 Å². The second-order valence-electron chi connectivity index (χ2n) is 4.91. The molecule has 1 aliphatic heterocycles. The summed E-state index contributed by atoms with van der Waals surface area (Å²) < 4.78 is 74.8. The molecule has 1 heterocycles. The third-order valence-electron chi connectivity index (χ3n) is 3.20. The van der Waals surface area contributed by atoms with Crippen LogP contribution in [0.2, 0.25) is 0 Å². The molecule has 0 aliphatic carbocycles. The summed E-state index contributed by atoms with van der Waals surface area (Å²) in [4.78, 5) is 22.6. The molecule has 1 saturated heterocycles. The highest BCUT2D eigenvalue weighted by atomic mass is 19.4. The molecule has 21 heavy (non-hydrogen) atoms. The summed E-state index contributed by atoms with van der Waals surface area (Å²) in [5.41, 5.74) is 0. The molecule has 1 fully saturated rings. The molecule has 1 aliphatic rings. The predicted molar refractivity (Wildman–Crippen MR) is 57.2 cm³/mol. The Hall–Kier alpha value is -1.48. The van der Waals surface area contributed by atoms with E-state index in [0.717, 1.165) is 0 Å². The van der Waals surface area contributed by atoms with E-state index in [2.05, 4.69) is 0 Å². The molecule has 0 aromatic heterocycles. The number of aliphatic carboxylic acids is 1. The van der Waals surface area contributed by atoms with Gasteiger partial charge in [-0.1, -0.05) is 0 Å². The molecule has 0 aromatic rings. The zero-order valence-electron chi connectivity index (χ0n) is 10.7. The molecule has 1 N–H and O–H groups in total. The molecule has 1 rings (SSSR count). The maximum absolute atomic E-state index is 12.5. The van der Waals surface area contributed by atoms with E-state index in [1.165, 1.54) is 0 Å². The van der Waals surface area contributed by atoms with Gasteiger partial charge in [-0.25, -0.2) is 0 Å². The molecule has 122 valence electrons. The highest BCUT2D eigenvalue weighted by Gasteiger charge is 2.62. The molecule has 0 radical (unpaired) electrons. The molecule has 0 aromatic carbocycles. The van der Waals surface area contributed by atoms with Gasteiger partial charge in [-0.3, -0.25) is 9.59 Å². The first kappa shape index (κ1) is 17.6. The summed E-state index contributed by atoms with van der Waals surface area (Å²) in [6.45, 7) is -0.647. The Morgan fingerprint density at radius 3 is 2.10 bits per heavy atom. The van der Waals surface area contributed by atoms with Crippen molar-refractivity contribution in [1.82, 2.24) is 4.90 Å². The lowest BCUT2D eigenvalue weighted by Gasteiger charge is -2.35. The predicted octanol–water partition coefficient (Wildman–Crippen LogP) is 2.44. The van der Waals surface area contributed by atoms with Crippen molar-refractivity contribution in [1.29, 1.82) is 0 Å². The number of amides is 1. The van der Waals surface area contributed by atoms with Crippen LogP contribution in [0.5, 0.6) is 0 Å². The summed E-state index contributed by atoms with van der Waals surface area (Å²) in [5, 5.41) is 8.59. The molecule has 0 saturated carbocycles. The van der Waals surface area contributed by atoms with Crippen molar-refractivity contribution in [2.45, 2.75) is 31.6 Å². The van der Waals surface area contributed by atoms with Crippen molar-refractivity contribution in [3.8, 4) is 0 Å². The first-order chi connectivity index (χ1) is 9.43. The van der Waals surface area contributed by atoms with Crippen LogP contribution >= 0.6 is 0 Å². The van der Waals surface area contributed by atoms with Crippen LogP contribution in [0.3, 0.4) is 0 Å². The number of hydrogen-bond acceptors (Lipinski definition) is 2. The smallest absolute Gasteiger partial charge is 0.409 e. The van der Waals surface area contributed by atoms with Crippen molar-refractivity contribution in [2.75, 3.05) is 13.1 Å². The van der Waals surface area contributed by atoms with Gasteiger partial charge in [0.2, 0.25) is 11.8 Å². The Morgan fingerprint density at radius 2 is 1.67 bits per heavy atom. The standard InChI is InChI=1S/C11H13F6NO3/c12-10(13,14)8(11(15,16)17)9(21)18-3-1-2-6(5-18)4-7(19)20/h6,8H,1-5H2,(H,19,20). The van der Waals surface area contributed by atoms with Gasteiger partial charge in [0.15, 0.2) is 0 Å². The van der Waals surface area contributed by atoms with Gasteiger partial charge in [0.05, 0.1) is 0 Å². The van der Waals surface area contributed by atoms with Crippen molar-refractivity contribution < 1.29 is 41.0 Å². The van der Waals surface area contributed by atoms with Crippen LogP contribution in [0.25, 0.3) is 0 Å². The number of carbonyl (C=O) groups is 2. The second-order valence-corrected chi connectivity index (χ2v) is 4.91. The summed E-state index contributed by atoms with van der Waals surface area (Å²) >= 11 is 0. The quantitative estimate of drug-likeness (QED) is 0.812. The maximum atomic E-state index is 12.5. The van der Waals surface area contributed by atoms with Gasteiger partial charge in [0.1, 0.15) is 0 Å². The number of halogens is 6. The summed E-state index contributed by atoms with van der Waals surface area (Å²) in [6, 6.07) is 0. The van der Waals surface area contributed by atoms with Crippen LogP contribution in [0.15, 0.2) is 0 Å². The van der Waals surface area contributed by atoms with Crippen LogP contribution in [0.4, 0.5) is 26.3 Å². The second kappa shape index (κ2) is 6.10. The zero-order chi connectivity index (χ0) is 16.4. The normalized spacial score (nSPS) is 20.7. The molecule has 4 nitrogen and oxygen atoms in total. The fraction of sp³-hybridized carbons (Fsp3) is 0.818. The van der Waals surface area contributed by atoms with Gasteiger partial charge in [0, 0.05) is 19.5 Å². The monoisotopic (exact) mass is 321 g/mol. The Balaban J connectivity index is 2.87. The van der Waals surface area contributed by atoms with Crippen molar-refractivity contribution in [3.05, 3.63) is 0 Å². The molecule has 1 unspecified atom stereocenters. The van der Waals surface area contributed by atoms with E-state index in [4.69, 9.17) is 5.11 Å². The Bertz CT molecular complexity index is 392. The largest absolute Gasteiger partial charge is 0.481 e. The number of carboxylic acids is 1. The van der Waals surface area contributed by atoms with E-state index in [9.17, 15) is 35.9 Å². The number of carboxylic acid groups (broad SMARTS) is 1. The fourth-order valence-corrected chi connectivity index (χ4v) is 2.33. The SMILES string of the molecule is O=C(O)CC1CCCN(C(=O)C(C(F)(F)F)C(F)(F)F)C1. The van der Waals surface area contributed by atoms with E-state index >= 15 is 0 Å². The molecular weight excluding hydrogens is 308 g/mol. The van der Waals surface area contributed by atoms with Crippen LogP contribution < -0.4 is 0 Å². The average molecular weight is 321 g/mol. The van der Waals surface area contributed by atoms with Crippen LogP contribution in [0.1, 0.15) is 19.3 Å². The Morgan fingerprint density at radius 1 is 1.14 bits per heavy atom. The lowest BCUT2D eigenvalue weighted by Crippen LogP contribution is -2.52. The number of carbonyl (C=O) groups excluding carboxylic acids is 1. The number of hydrogen-bond donors (Lipinski definition) is 1. The van der Waals surface area contributed by atoms with Crippen molar-refractivity contribution in [3.63, 3.8) is 0 Å². The minimum absolute atomic E-state index is 0.173. The maximum Gasteiger partial charge on any atom is 0.409 e. The van der Waals surface area contributed by atoms with Gasteiger partial charge in [-0.15, -0.1) is 0 Å². The summed E-state index contributed by atoms with van der Waals surface area (Å²) in [5.74, 6) is -7.97.